The monoisotopic (exact) mass is 194 g/mol. The van der Waals surface area contributed by atoms with Crippen LogP contribution < -0.4 is 5.73 Å². The number of anilines is 1. The van der Waals surface area contributed by atoms with Gasteiger partial charge in [-0.1, -0.05) is 6.92 Å². The van der Waals surface area contributed by atoms with Gasteiger partial charge in [0.1, 0.15) is 0 Å². The first-order valence-corrected chi connectivity index (χ1v) is 4.58. The molecule has 1 aromatic rings. The molecule has 14 heavy (non-hydrogen) atoms. The molecule has 1 heterocycles. The number of pyridine rings is 1. The average Bonchev–Trinajstić information content (AvgIpc) is 2.18. The number of hydrogen-bond acceptors (Lipinski definition) is 4. The Morgan fingerprint density at radius 2 is 2.43 bits per heavy atom. The third-order valence-electron chi connectivity index (χ3n) is 1.74. The third-order valence-corrected chi connectivity index (χ3v) is 1.74. The maximum atomic E-state index is 11.2. The van der Waals surface area contributed by atoms with Gasteiger partial charge in [-0.05, 0) is 12.5 Å². The van der Waals surface area contributed by atoms with E-state index < -0.39 is 0 Å². The normalized spacial score (nSPS) is 9.79. The molecular formula is C10H14N2O2. The van der Waals surface area contributed by atoms with E-state index in [4.69, 9.17) is 10.5 Å². The fourth-order valence-electron chi connectivity index (χ4n) is 1.01. The molecule has 76 valence electrons. The second kappa shape index (κ2) is 5.21. The summed E-state index contributed by atoms with van der Waals surface area (Å²) in [6.07, 6.45) is 4.20. The number of nitrogens with zero attached hydrogens (tertiary/aromatic N) is 1. The Bertz CT molecular complexity index is 313. The van der Waals surface area contributed by atoms with Crippen LogP contribution in [0.4, 0.5) is 5.69 Å². The highest BCUT2D eigenvalue weighted by Crippen LogP contribution is 2.09. The highest BCUT2D eigenvalue weighted by molar-refractivity contribution is 5.74. The molecule has 0 aliphatic heterocycles. The van der Waals surface area contributed by atoms with E-state index in [1.165, 1.54) is 0 Å². The molecule has 0 radical (unpaired) electrons. The second-order valence-corrected chi connectivity index (χ2v) is 2.97. The topological polar surface area (TPSA) is 65.2 Å². The fourth-order valence-corrected chi connectivity index (χ4v) is 1.01. The summed E-state index contributed by atoms with van der Waals surface area (Å²) in [5, 5.41) is 0. The zero-order valence-electron chi connectivity index (χ0n) is 8.19. The van der Waals surface area contributed by atoms with Crippen LogP contribution in [0.3, 0.4) is 0 Å². The summed E-state index contributed by atoms with van der Waals surface area (Å²) in [6.45, 7) is 2.41. The first-order chi connectivity index (χ1) is 6.74. The van der Waals surface area contributed by atoms with Gasteiger partial charge >= 0.3 is 5.97 Å². The molecule has 0 aromatic carbocycles. The molecular weight excluding hydrogens is 180 g/mol. The van der Waals surface area contributed by atoms with Crippen LogP contribution in [0.2, 0.25) is 0 Å². The zero-order chi connectivity index (χ0) is 10.4. The van der Waals surface area contributed by atoms with Crippen molar-refractivity contribution in [2.75, 3.05) is 12.3 Å². The Kier molecular flexibility index (Phi) is 3.91. The summed E-state index contributed by atoms with van der Waals surface area (Å²) in [5.41, 5.74) is 6.94. The lowest BCUT2D eigenvalue weighted by molar-refractivity contribution is -0.142. The molecule has 0 amide bonds. The van der Waals surface area contributed by atoms with Crippen molar-refractivity contribution in [1.29, 1.82) is 0 Å². The van der Waals surface area contributed by atoms with Crippen LogP contribution in [0.25, 0.3) is 0 Å². The number of esters is 1. The van der Waals surface area contributed by atoms with E-state index in [0.717, 1.165) is 6.42 Å². The molecule has 0 atom stereocenters. The van der Waals surface area contributed by atoms with Crippen molar-refractivity contribution >= 4 is 11.7 Å². The number of nitrogen functional groups attached to an aromatic ring is 1. The van der Waals surface area contributed by atoms with E-state index in [2.05, 4.69) is 4.98 Å². The van der Waals surface area contributed by atoms with Crippen LogP contribution in [-0.4, -0.2) is 17.6 Å². The molecule has 1 rings (SSSR count). The Morgan fingerprint density at radius 3 is 3.07 bits per heavy atom. The van der Waals surface area contributed by atoms with Gasteiger partial charge in [-0.2, -0.15) is 0 Å². The number of carbonyl (C=O) groups excluding carboxylic acids is 1. The number of carbonyl (C=O) groups is 1. The Balaban J connectivity index is 2.52. The third kappa shape index (κ3) is 3.05. The zero-order valence-corrected chi connectivity index (χ0v) is 8.19. The van der Waals surface area contributed by atoms with Crippen molar-refractivity contribution in [1.82, 2.24) is 4.98 Å². The molecule has 0 bridgehead atoms. The van der Waals surface area contributed by atoms with Crippen molar-refractivity contribution in [2.24, 2.45) is 0 Å². The SMILES string of the molecule is CCCOC(=O)Cc1cnccc1N. The van der Waals surface area contributed by atoms with Gasteiger partial charge in [0.15, 0.2) is 0 Å². The molecule has 4 heteroatoms. The summed E-state index contributed by atoms with van der Waals surface area (Å²) in [7, 11) is 0. The minimum atomic E-state index is -0.258. The Labute approximate surface area is 83.1 Å². The van der Waals surface area contributed by atoms with Gasteiger partial charge in [-0.25, -0.2) is 0 Å². The molecule has 2 N–H and O–H groups in total. The van der Waals surface area contributed by atoms with Gasteiger partial charge in [0.2, 0.25) is 0 Å². The molecule has 0 unspecified atom stereocenters. The number of ether oxygens (including phenoxy) is 1. The van der Waals surface area contributed by atoms with E-state index in [-0.39, 0.29) is 12.4 Å². The first-order valence-electron chi connectivity index (χ1n) is 4.58. The summed E-state index contributed by atoms with van der Waals surface area (Å²) in [5.74, 6) is -0.258. The second-order valence-electron chi connectivity index (χ2n) is 2.97. The van der Waals surface area contributed by atoms with Crippen molar-refractivity contribution < 1.29 is 9.53 Å². The van der Waals surface area contributed by atoms with Crippen molar-refractivity contribution in [3.8, 4) is 0 Å². The minimum absolute atomic E-state index is 0.194. The lowest BCUT2D eigenvalue weighted by Crippen LogP contribution is -2.10. The van der Waals surface area contributed by atoms with Gasteiger partial charge in [0.05, 0.1) is 13.0 Å². The highest BCUT2D eigenvalue weighted by atomic mass is 16.5. The van der Waals surface area contributed by atoms with E-state index in [9.17, 15) is 4.79 Å². The standard InChI is InChI=1S/C10H14N2O2/c1-2-5-14-10(13)6-8-7-12-4-3-9(8)11/h3-4,7H,2,5-6H2,1H3,(H2,11,12). The molecule has 4 nitrogen and oxygen atoms in total. The number of aromatic nitrogens is 1. The van der Waals surface area contributed by atoms with Crippen molar-refractivity contribution in [3.05, 3.63) is 24.0 Å². The smallest absolute Gasteiger partial charge is 0.310 e. The van der Waals surface area contributed by atoms with Gasteiger partial charge in [-0.15, -0.1) is 0 Å². The van der Waals surface area contributed by atoms with E-state index >= 15 is 0 Å². The summed E-state index contributed by atoms with van der Waals surface area (Å²) in [4.78, 5) is 15.1. The molecule has 1 aromatic heterocycles. The van der Waals surface area contributed by atoms with Gasteiger partial charge in [0, 0.05) is 23.6 Å². The van der Waals surface area contributed by atoms with E-state index in [1.807, 2.05) is 6.92 Å². The van der Waals surface area contributed by atoms with Gasteiger partial charge < -0.3 is 10.5 Å². The minimum Gasteiger partial charge on any atom is -0.465 e. The molecule has 0 aliphatic rings. The average molecular weight is 194 g/mol. The summed E-state index contributed by atoms with van der Waals surface area (Å²) < 4.78 is 4.93. The van der Waals surface area contributed by atoms with Crippen molar-refractivity contribution in [2.45, 2.75) is 19.8 Å². The van der Waals surface area contributed by atoms with E-state index in [1.54, 1.807) is 18.5 Å². The van der Waals surface area contributed by atoms with Gasteiger partial charge in [-0.3, -0.25) is 9.78 Å². The largest absolute Gasteiger partial charge is 0.465 e. The maximum absolute atomic E-state index is 11.2. The molecule has 0 spiro atoms. The highest BCUT2D eigenvalue weighted by Gasteiger charge is 2.06. The quantitative estimate of drug-likeness (QED) is 0.730. The number of nitrogens with two attached hydrogens (primary N) is 1. The van der Waals surface area contributed by atoms with Crippen LogP contribution in [-0.2, 0) is 16.0 Å². The molecule has 0 fully saturated rings. The molecule has 0 saturated carbocycles. The fraction of sp³-hybridized carbons (Fsp3) is 0.400. The van der Waals surface area contributed by atoms with Crippen LogP contribution in [0.15, 0.2) is 18.5 Å². The molecule has 0 aliphatic carbocycles. The van der Waals surface area contributed by atoms with Crippen LogP contribution in [0, 0.1) is 0 Å². The first kappa shape index (κ1) is 10.5. The van der Waals surface area contributed by atoms with Crippen LogP contribution in [0.5, 0.6) is 0 Å². The predicted molar refractivity (Wildman–Crippen MR) is 53.6 cm³/mol. The number of rotatable bonds is 4. The Morgan fingerprint density at radius 1 is 1.64 bits per heavy atom. The molecule has 0 saturated heterocycles. The Hall–Kier alpha value is -1.58. The predicted octanol–water partition coefficient (Wildman–Crippen LogP) is 1.16. The summed E-state index contributed by atoms with van der Waals surface area (Å²) in [6, 6.07) is 1.67. The maximum Gasteiger partial charge on any atom is 0.310 e. The van der Waals surface area contributed by atoms with Crippen molar-refractivity contribution in [3.63, 3.8) is 0 Å². The lowest BCUT2D eigenvalue weighted by Gasteiger charge is -2.04. The van der Waals surface area contributed by atoms with Crippen LogP contribution in [0.1, 0.15) is 18.9 Å². The lowest BCUT2D eigenvalue weighted by atomic mass is 10.2. The van der Waals surface area contributed by atoms with E-state index in [0.29, 0.717) is 17.9 Å². The van der Waals surface area contributed by atoms with Gasteiger partial charge in [0.25, 0.3) is 0 Å². The summed E-state index contributed by atoms with van der Waals surface area (Å²) >= 11 is 0. The number of hydrogen-bond donors (Lipinski definition) is 1. The van der Waals surface area contributed by atoms with Crippen LogP contribution >= 0.6 is 0 Å².